The van der Waals surface area contributed by atoms with Crippen LogP contribution in [0.2, 0.25) is 0 Å². The van der Waals surface area contributed by atoms with Gasteiger partial charge < -0.3 is 15.8 Å². The molecule has 1 saturated carbocycles. The monoisotopic (exact) mass is 330 g/mol. The Labute approximate surface area is 137 Å². The first-order chi connectivity index (χ1) is 10.1. The van der Waals surface area contributed by atoms with Crippen molar-refractivity contribution in [1.82, 2.24) is 0 Å². The van der Waals surface area contributed by atoms with Gasteiger partial charge in [-0.3, -0.25) is 4.79 Å². The molecule has 0 heterocycles. The van der Waals surface area contributed by atoms with E-state index in [1.54, 1.807) is 0 Å². The number of benzene rings is 1. The van der Waals surface area contributed by atoms with E-state index in [-0.39, 0.29) is 29.4 Å². The quantitative estimate of drug-likeness (QED) is 0.868. The fourth-order valence-electron chi connectivity index (χ4n) is 3.02. The summed E-state index contributed by atoms with van der Waals surface area (Å²) < 4.78 is 18.8. The van der Waals surface area contributed by atoms with Crippen LogP contribution in [0.15, 0.2) is 18.2 Å². The van der Waals surface area contributed by atoms with Crippen molar-refractivity contribution in [3.63, 3.8) is 0 Å². The average Bonchev–Trinajstić information content (AvgIpc) is 2.50. The fraction of sp³-hybridized carbons (Fsp3) is 0.562. The highest BCUT2D eigenvalue weighted by Crippen LogP contribution is 2.38. The minimum absolute atomic E-state index is 0. The maximum Gasteiger partial charge on any atom is 0.225 e. The van der Waals surface area contributed by atoms with Crippen LogP contribution in [0.3, 0.4) is 0 Å². The van der Waals surface area contributed by atoms with Gasteiger partial charge in [0.15, 0.2) is 0 Å². The number of amides is 1. The first-order valence-corrected chi connectivity index (χ1v) is 7.42. The first kappa shape index (κ1) is 18.7. The normalized spacial score (nSPS) is 16.5. The number of anilines is 1. The van der Waals surface area contributed by atoms with E-state index in [1.165, 1.54) is 31.7 Å². The van der Waals surface area contributed by atoms with Gasteiger partial charge in [0.1, 0.15) is 11.6 Å². The largest absolute Gasteiger partial charge is 0.497 e. The second-order valence-corrected chi connectivity index (χ2v) is 5.84. The van der Waals surface area contributed by atoms with Crippen LogP contribution in [0.4, 0.5) is 10.1 Å². The standard InChI is InChI=1S/C16H23FN2O2.ClH/c1-21-12-5-6-13(17)14(9-12)19-15(20)10-16(11-18)7-3-2-4-8-16;/h5-6,9H,2-4,7-8,10-11,18H2,1H3,(H,19,20);1H. The molecule has 6 heteroatoms. The molecule has 0 spiro atoms. The number of hydrogen-bond acceptors (Lipinski definition) is 3. The molecule has 0 aromatic heterocycles. The maximum absolute atomic E-state index is 13.7. The van der Waals surface area contributed by atoms with E-state index >= 15 is 0 Å². The van der Waals surface area contributed by atoms with E-state index in [1.807, 2.05) is 0 Å². The third-order valence-electron chi connectivity index (χ3n) is 4.33. The summed E-state index contributed by atoms with van der Waals surface area (Å²) in [7, 11) is 1.50. The molecule has 1 aromatic rings. The summed E-state index contributed by atoms with van der Waals surface area (Å²) in [4.78, 5) is 12.2. The van der Waals surface area contributed by atoms with Gasteiger partial charge in [0, 0.05) is 12.5 Å². The Morgan fingerprint density at radius 2 is 2.05 bits per heavy atom. The van der Waals surface area contributed by atoms with Gasteiger partial charge in [0.25, 0.3) is 0 Å². The molecule has 3 N–H and O–H groups in total. The molecule has 0 bridgehead atoms. The molecule has 0 atom stereocenters. The van der Waals surface area contributed by atoms with E-state index < -0.39 is 5.82 Å². The van der Waals surface area contributed by atoms with Gasteiger partial charge in [-0.2, -0.15) is 0 Å². The molecule has 1 amide bonds. The van der Waals surface area contributed by atoms with Crippen LogP contribution in [0, 0.1) is 11.2 Å². The van der Waals surface area contributed by atoms with Crippen molar-refractivity contribution in [2.24, 2.45) is 11.1 Å². The minimum Gasteiger partial charge on any atom is -0.497 e. The number of nitrogens with one attached hydrogen (secondary N) is 1. The molecular weight excluding hydrogens is 307 g/mol. The molecule has 124 valence electrons. The van der Waals surface area contributed by atoms with Gasteiger partial charge in [-0.15, -0.1) is 12.4 Å². The molecule has 0 unspecified atom stereocenters. The molecule has 4 nitrogen and oxygen atoms in total. The third-order valence-corrected chi connectivity index (χ3v) is 4.33. The number of halogens is 2. The summed E-state index contributed by atoms with van der Waals surface area (Å²) in [5.74, 6) is -0.137. The van der Waals surface area contributed by atoms with Gasteiger partial charge in [-0.05, 0) is 36.9 Å². The van der Waals surface area contributed by atoms with Crippen molar-refractivity contribution in [3.8, 4) is 5.75 Å². The highest BCUT2D eigenvalue weighted by molar-refractivity contribution is 5.91. The molecule has 22 heavy (non-hydrogen) atoms. The summed E-state index contributed by atoms with van der Waals surface area (Å²) in [6.07, 6.45) is 5.71. The van der Waals surface area contributed by atoms with Crippen LogP contribution in [0.1, 0.15) is 38.5 Å². The van der Waals surface area contributed by atoms with Gasteiger partial charge >= 0.3 is 0 Å². The fourth-order valence-corrected chi connectivity index (χ4v) is 3.02. The summed E-state index contributed by atoms with van der Waals surface area (Å²) in [6, 6.07) is 4.30. The molecule has 0 saturated heterocycles. The Kier molecular flexibility index (Phi) is 7.10. The lowest BCUT2D eigenvalue weighted by atomic mass is 9.71. The number of nitrogens with two attached hydrogens (primary N) is 1. The van der Waals surface area contributed by atoms with Crippen LogP contribution in [-0.2, 0) is 4.79 Å². The molecule has 1 fully saturated rings. The smallest absolute Gasteiger partial charge is 0.225 e. The van der Waals surface area contributed by atoms with E-state index in [2.05, 4.69) is 5.32 Å². The third kappa shape index (κ3) is 4.58. The number of carbonyl (C=O) groups is 1. The second kappa shape index (κ2) is 8.34. The van der Waals surface area contributed by atoms with E-state index in [0.29, 0.717) is 18.7 Å². The minimum atomic E-state index is -0.463. The highest BCUT2D eigenvalue weighted by Gasteiger charge is 2.33. The SMILES string of the molecule is COc1ccc(F)c(NC(=O)CC2(CN)CCCCC2)c1.Cl. The molecule has 0 aliphatic heterocycles. The lowest BCUT2D eigenvalue weighted by Crippen LogP contribution is -2.36. The number of hydrogen-bond donors (Lipinski definition) is 2. The second-order valence-electron chi connectivity index (χ2n) is 5.84. The van der Waals surface area contributed by atoms with Crippen molar-refractivity contribution in [3.05, 3.63) is 24.0 Å². The van der Waals surface area contributed by atoms with Crippen molar-refractivity contribution in [1.29, 1.82) is 0 Å². The lowest BCUT2D eigenvalue weighted by Gasteiger charge is -2.35. The van der Waals surface area contributed by atoms with Gasteiger partial charge in [0.2, 0.25) is 5.91 Å². The number of methoxy groups -OCH3 is 1. The van der Waals surface area contributed by atoms with Crippen LogP contribution in [0.5, 0.6) is 5.75 Å². The molecule has 2 rings (SSSR count). The Morgan fingerprint density at radius 1 is 1.36 bits per heavy atom. The van der Waals surface area contributed by atoms with Crippen molar-refractivity contribution in [2.45, 2.75) is 38.5 Å². The van der Waals surface area contributed by atoms with E-state index in [9.17, 15) is 9.18 Å². The van der Waals surface area contributed by atoms with Crippen LogP contribution in [-0.4, -0.2) is 19.6 Å². The number of ether oxygens (including phenoxy) is 1. The van der Waals surface area contributed by atoms with Crippen LogP contribution in [0.25, 0.3) is 0 Å². The predicted octanol–water partition coefficient (Wildman–Crippen LogP) is 3.49. The van der Waals surface area contributed by atoms with Gasteiger partial charge in [-0.1, -0.05) is 19.3 Å². The number of rotatable bonds is 5. The van der Waals surface area contributed by atoms with Crippen LogP contribution >= 0.6 is 12.4 Å². The Morgan fingerprint density at radius 3 is 2.64 bits per heavy atom. The molecule has 1 aromatic carbocycles. The average molecular weight is 331 g/mol. The Hall–Kier alpha value is -1.33. The topological polar surface area (TPSA) is 64.3 Å². The summed E-state index contributed by atoms with van der Waals surface area (Å²) in [5, 5.41) is 2.64. The molecule has 0 radical (unpaired) electrons. The van der Waals surface area contributed by atoms with Crippen molar-refractivity contribution < 1.29 is 13.9 Å². The Balaban J connectivity index is 0.00000242. The summed E-state index contributed by atoms with van der Waals surface area (Å²) in [6.45, 7) is 0.501. The first-order valence-electron chi connectivity index (χ1n) is 7.42. The zero-order valence-electron chi connectivity index (χ0n) is 12.9. The summed E-state index contributed by atoms with van der Waals surface area (Å²) >= 11 is 0. The Bertz CT molecular complexity index is 505. The van der Waals surface area contributed by atoms with E-state index in [0.717, 1.165) is 25.7 Å². The van der Waals surface area contributed by atoms with Gasteiger partial charge in [0.05, 0.1) is 12.8 Å². The maximum atomic E-state index is 13.7. The van der Waals surface area contributed by atoms with Gasteiger partial charge in [-0.25, -0.2) is 4.39 Å². The zero-order chi connectivity index (χ0) is 15.3. The van der Waals surface area contributed by atoms with Crippen LogP contribution < -0.4 is 15.8 Å². The summed E-state index contributed by atoms with van der Waals surface area (Å²) in [5.41, 5.74) is 5.91. The lowest BCUT2D eigenvalue weighted by molar-refractivity contribution is -0.118. The van der Waals surface area contributed by atoms with E-state index in [4.69, 9.17) is 10.5 Å². The predicted molar refractivity (Wildman–Crippen MR) is 88.0 cm³/mol. The molecule has 1 aliphatic carbocycles. The number of carbonyl (C=O) groups excluding carboxylic acids is 1. The van der Waals surface area contributed by atoms with Crippen molar-refractivity contribution in [2.75, 3.05) is 19.0 Å². The molecule has 1 aliphatic rings. The highest BCUT2D eigenvalue weighted by atomic mass is 35.5. The zero-order valence-corrected chi connectivity index (χ0v) is 13.7. The molecular formula is C16H24ClFN2O2. The van der Waals surface area contributed by atoms with Crippen molar-refractivity contribution >= 4 is 24.0 Å².